The number of halogens is 2. The summed E-state index contributed by atoms with van der Waals surface area (Å²) >= 11 is 12.0. The lowest BCUT2D eigenvalue weighted by molar-refractivity contribution is -0.120. The van der Waals surface area contributed by atoms with Crippen molar-refractivity contribution in [2.75, 3.05) is 19.0 Å². The second-order valence-electron chi connectivity index (χ2n) is 5.18. The molecule has 0 radical (unpaired) electrons. The van der Waals surface area contributed by atoms with E-state index in [1.165, 1.54) is 0 Å². The Labute approximate surface area is 124 Å². The smallest absolute Gasteiger partial charge is 0.231 e. The van der Waals surface area contributed by atoms with Crippen LogP contribution in [0.4, 0.5) is 5.69 Å². The van der Waals surface area contributed by atoms with E-state index in [1.54, 1.807) is 17.0 Å². The molecule has 1 unspecified atom stereocenters. The minimum atomic E-state index is -0.0228. The average molecular weight is 301 g/mol. The summed E-state index contributed by atoms with van der Waals surface area (Å²) in [5.74, 6) is 0.330. The molecular weight excluding hydrogens is 283 g/mol. The van der Waals surface area contributed by atoms with E-state index in [9.17, 15) is 4.79 Å². The van der Waals surface area contributed by atoms with E-state index in [-0.39, 0.29) is 18.0 Å². The van der Waals surface area contributed by atoms with Gasteiger partial charge in [-0.05, 0) is 52.1 Å². The van der Waals surface area contributed by atoms with Gasteiger partial charge in [-0.2, -0.15) is 0 Å². The molecular formula is C14H18Cl2N2O. The van der Waals surface area contributed by atoms with Gasteiger partial charge in [-0.25, -0.2) is 0 Å². The van der Waals surface area contributed by atoms with Gasteiger partial charge in [0.1, 0.15) is 0 Å². The highest BCUT2D eigenvalue weighted by Crippen LogP contribution is 2.35. The van der Waals surface area contributed by atoms with Gasteiger partial charge in [-0.3, -0.25) is 14.6 Å². The van der Waals surface area contributed by atoms with Gasteiger partial charge in [-0.1, -0.05) is 23.2 Å². The molecule has 0 saturated heterocycles. The molecule has 19 heavy (non-hydrogen) atoms. The molecule has 0 aromatic heterocycles. The maximum absolute atomic E-state index is 12.5. The Bertz CT molecular complexity index is 486. The molecule has 1 atom stereocenters. The Morgan fingerprint density at radius 2 is 1.89 bits per heavy atom. The first kappa shape index (κ1) is 14.6. The van der Waals surface area contributed by atoms with Crippen molar-refractivity contribution in [3.8, 4) is 0 Å². The van der Waals surface area contributed by atoms with E-state index in [0.717, 1.165) is 18.5 Å². The van der Waals surface area contributed by atoms with E-state index in [1.807, 2.05) is 32.0 Å². The minimum absolute atomic E-state index is 0.0228. The molecule has 0 aliphatic heterocycles. The van der Waals surface area contributed by atoms with Crippen molar-refractivity contribution in [2.24, 2.45) is 5.92 Å². The summed E-state index contributed by atoms with van der Waals surface area (Å²) in [5.41, 5.74) is 0.799. The second-order valence-corrected chi connectivity index (χ2v) is 5.99. The van der Waals surface area contributed by atoms with Crippen LogP contribution in [0.1, 0.15) is 19.8 Å². The zero-order chi connectivity index (χ0) is 14.2. The zero-order valence-corrected chi connectivity index (χ0v) is 12.9. The summed E-state index contributed by atoms with van der Waals surface area (Å²) in [4.78, 5) is 16.3. The van der Waals surface area contributed by atoms with Gasteiger partial charge in [0.05, 0.1) is 16.2 Å². The van der Waals surface area contributed by atoms with Crippen LogP contribution >= 0.6 is 23.2 Å². The Morgan fingerprint density at radius 3 is 2.37 bits per heavy atom. The highest BCUT2D eigenvalue weighted by molar-refractivity contribution is 6.42. The second kappa shape index (κ2) is 5.70. The maximum Gasteiger partial charge on any atom is 0.231 e. The van der Waals surface area contributed by atoms with Crippen LogP contribution in [0.2, 0.25) is 10.0 Å². The van der Waals surface area contributed by atoms with E-state index in [4.69, 9.17) is 23.2 Å². The molecule has 1 aromatic carbocycles. The molecule has 0 N–H and O–H groups in total. The van der Waals surface area contributed by atoms with E-state index < -0.39 is 0 Å². The van der Waals surface area contributed by atoms with Crippen LogP contribution in [0, 0.1) is 5.92 Å². The first-order valence-corrected chi connectivity index (χ1v) is 7.12. The number of carbonyl (C=O) groups excluding carboxylic acids is 1. The monoisotopic (exact) mass is 300 g/mol. The quantitative estimate of drug-likeness (QED) is 0.793. The third-order valence-corrected chi connectivity index (χ3v) is 4.21. The number of hydrogen-bond donors (Lipinski definition) is 0. The van der Waals surface area contributed by atoms with Gasteiger partial charge in [0.15, 0.2) is 0 Å². The van der Waals surface area contributed by atoms with Crippen molar-refractivity contribution in [1.82, 2.24) is 4.90 Å². The summed E-state index contributed by atoms with van der Waals surface area (Å²) in [5, 5.41) is 0.973. The third kappa shape index (κ3) is 3.22. The van der Waals surface area contributed by atoms with Crippen LogP contribution in [-0.4, -0.2) is 31.1 Å². The molecule has 1 amide bonds. The molecule has 0 bridgehead atoms. The largest absolute Gasteiger partial charge is 0.296 e. The zero-order valence-electron chi connectivity index (χ0n) is 11.4. The third-order valence-electron chi connectivity index (χ3n) is 3.47. The lowest BCUT2D eigenvalue weighted by atomic mass is 10.2. The normalized spacial score (nSPS) is 16.5. The molecule has 0 spiro atoms. The number of hydrogen-bond acceptors (Lipinski definition) is 2. The number of rotatable bonds is 4. The standard InChI is InChI=1S/C14H18Cl2N2O/c1-9(17(2)3)18(14(19)10-4-5-10)11-6-7-12(15)13(16)8-11/h6-10H,4-5H2,1-3H3. The first-order valence-electron chi connectivity index (χ1n) is 6.36. The van der Waals surface area contributed by atoms with Crippen molar-refractivity contribution < 1.29 is 4.79 Å². The number of anilines is 1. The van der Waals surface area contributed by atoms with Gasteiger partial charge < -0.3 is 0 Å². The van der Waals surface area contributed by atoms with Crippen molar-refractivity contribution in [3.63, 3.8) is 0 Å². The van der Waals surface area contributed by atoms with E-state index in [0.29, 0.717) is 10.0 Å². The highest BCUT2D eigenvalue weighted by atomic mass is 35.5. The first-order chi connectivity index (χ1) is 8.91. The fourth-order valence-electron chi connectivity index (χ4n) is 1.92. The van der Waals surface area contributed by atoms with Gasteiger partial charge in [-0.15, -0.1) is 0 Å². The molecule has 1 fully saturated rings. The molecule has 104 valence electrons. The fourth-order valence-corrected chi connectivity index (χ4v) is 2.21. The molecule has 1 aliphatic carbocycles. The summed E-state index contributed by atoms with van der Waals surface area (Å²) < 4.78 is 0. The molecule has 1 saturated carbocycles. The lowest BCUT2D eigenvalue weighted by Crippen LogP contribution is -2.47. The molecule has 1 aliphatic rings. The predicted octanol–water partition coefficient (Wildman–Crippen LogP) is 3.64. The highest BCUT2D eigenvalue weighted by Gasteiger charge is 2.36. The Hall–Kier alpha value is -0.770. The van der Waals surface area contributed by atoms with Crippen LogP contribution in [0.25, 0.3) is 0 Å². The SMILES string of the molecule is CC(N(C)C)N(C(=O)C1CC1)c1ccc(Cl)c(Cl)c1. The van der Waals surface area contributed by atoms with Crippen molar-refractivity contribution in [2.45, 2.75) is 25.9 Å². The number of nitrogens with zero attached hydrogens (tertiary/aromatic N) is 2. The van der Waals surface area contributed by atoms with Crippen LogP contribution in [-0.2, 0) is 4.79 Å². The summed E-state index contributed by atoms with van der Waals surface area (Å²) in [6.45, 7) is 2.00. The van der Waals surface area contributed by atoms with Gasteiger partial charge >= 0.3 is 0 Å². The predicted molar refractivity (Wildman–Crippen MR) is 79.8 cm³/mol. The number of amides is 1. The molecule has 2 rings (SSSR count). The van der Waals surface area contributed by atoms with Crippen LogP contribution in [0.15, 0.2) is 18.2 Å². The molecule has 5 heteroatoms. The van der Waals surface area contributed by atoms with Gasteiger partial charge in [0.2, 0.25) is 5.91 Å². The Morgan fingerprint density at radius 1 is 1.26 bits per heavy atom. The van der Waals surface area contributed by atoms with Crippen LogP contribution in [0.3, 0.4) is 0 Å². The minimum Gasteiger partial charge on any atom is -0.296 e. The van der Waals surface area contributed by atoms with Crippen molar-refractivity contribution in [3.05, 3.63) is 28.2 Å². The number of carbonyl (C=O) groups is 1. The molecule has 1 aromatic rings. The van der Waals surface area contributed by atoms with Crippen molar-refractivity contribution >= 4 is 34.8 Å². The molecule has 0 heterocycles. The topological polar surface area (TPSA) is 23.6 Å². The van der Waals surface area contributed by atoms with Gasteiger partial charge in [0, 0.05) is 11.6 Å². The van der Waals surface area contributed by atoms with Gasteiger partial charge in [0.25, 0.3) is 0 Å². The van der Waals surface area contributed by atoms with Crippen molar-refractivity contribution in [1.29, 1.82) is 0 Å². The van der Waals surface area contributed by atoms with Crippen LogP contribution in [0.5, 0.6) is 0 Å². The Kier molecular flexibility index (Phi) is 4.39. The summed E-state index contributed by atoms with van der Waals surface area (Å²) in [7, 11) is 3.91. The maximum atomic E-state index is 12.5. The average Bonchev–Trinajstić information content (AvgIpc) is 3.17. The fraction of sp³-hybridized carbons (Fsp3) is 0.500. The number of benzene rings is 1. The van der Waals surface area contributed by atoms with Crippen LogP contribution < -0.4 is 4.90 Å². The summed E-state index contributed by atoms with van der Waals surface area (Å²) in [6, 6.07) is 5.33. The summed E-state index contributed by atoms with van der Waals surface area (Å²) in [6.07, 6.45) is 1.94. The molecule has 3 nitrogen and oxygen atoms in total. The lowest BCUT2D eigenvalue weighted by Gasteiger charge is -2.34. The van der Waals surface area contributed by atoms with E-state index >= 15 is 0 Å². The van der Waals surface area contributed by atoms with E-state index in [2.05, 4.69) is 0 Å². The Balaban J connectivity index is 2.35.